The van der Waals surface area contributed by atoms with Crippen LogP contribution in [0.15, 0.2) is 24.3 Å². The van der Waals surface area contributed by atoms with Gasteiger partial charge in [0.15, 0.2) is 0 Å². The van der Waals surface area contributed by atoms with Gasteiger partial charge in [-0.3, -0.25) is 4.79 Å². The van der Waals surface area contributed by atoms with E-state index in [1.807, 2.05) is 38.1 Å². The van der Waals surface area contributed by atoms with Crippen molar-refractivity contribution in [2.75, 3.05) is 0 Å². The van der Waals surface area contributed by atoms with Gasteiger partial charge in [0, 0.05) is 4.88 Å². The lowest BCUT2D eigenvalue weighted by molar-refractivity contribution is -0.136. The molecule has 0 unspecified atom stereocenters. The van der Waals surface area contributed by atoms with E-state index in [0.717, 1.165) is 33.3 Å². The Morgan fingerprint density at radius 2 is 2.24 bits per heavy atom. The van der Waals surface area contributed by atoms with Crippen molar-refractivity contribution in [3.63, 3.8) is 0 Å². The molecule has 21 heavy (non-hydrogen) atoms. The number of thiazole rings is 1. The molecular formula is C16H19NO3S. The van der Waals surface area contributed by atoms with Crippen LogP contribution in [0.2, 0.25) is 0 Å². The average molecular weight is 305 g/mol. The first kappa shape index (κ1) is 15.5. The summed E-state index contributed by atoms with van der Waals surface area (Å²) in [5, 5.41) is 9.68. The van der Waals surface area contributed by atoms with Crippen LogP contribution in [0, 0.1) is 6.92 Å². The smallest absolute Gasteiger partial charge is 0.303 e. The Morgan fingerprint density at radius 1 is 1.43 bits per heavy atom. The van der Waals surface area contributed by atoms with E-state index in [4.69, 9.17) is 9.84 Å². The summed E-state index contributed by atoms with van der Waals surface area (Å²) in [7, 11) is 0. The first-order chi connectivity index (χ1) is 10.1. The minimum Gasteiger partial charge on any atom is -0.486 e. The molecule has 0 radical (unpaired) electrons. The monoisotopic (exact) mass is 305 g/mol. The number of benzene rings is 1. The Morgan fingerprint density at radius 3 is 2.90 bits per heavy atom. The van der Waals surface area contributed by atoms with Crippen LogP contribution < -0.4 is 4.74 Å². The molecule has 2 aromatic rings. The molecule has 1 N–H and O–H groups in total. The molecule has 1 aromatic heterocycles. The van der Waals surface area contributed by atoms with Crippen LogP contribution in [0.5, 0.6) is 5.75 Å². The summed E-state index contributed by atoms with van der Waals surface area (Å²) in [4.78, 5) is 16.3. The topological polar surface area (TPSA) is 59.4 Å². The summed E-state index contributed by atoms with van der Waals surface area (Å²) in [5.41, 5.74) is 2.15. The highest BCUT2D eigenvalue weighted by molar-refractivity contribution is 7.11. The Bertz CT molecular complexity index is 622. The van der Waals surface area contributed by atoms with Gasteiger partial charge >= 0.3 is 5.97 Å². The van der Waals surface area contributed by atoms with Crippen LogP contribution in [0.25, 0.3) is 0 Å². The van der Waals surface area contributed by atoms with E-state index in [2.05, 4.69) is 4.98 Å². The summed E-state index contributed by atoms with van der Waals surface area (Å²) < 4.78 is 5.74. The SMILES string of the molecule is CCc1nc(COc2cccc(C)c2)sc1CCC(=O)O. The molecule has 0 aliphatic heterocycles. The van der Waals surface area contributed by atoms with Gasteiger partial charge in [-0.25, -0.2) is 4.98 Å². The van der Waals surface area contributed by atoms with Crippen LogP contribution in [-0.4, -0.2) is 16.1 Å². The van der Waals surface area contributed by atoms with Crippen molar-refractivity contribution < 1.29 is 14.6 Å². The molecular weight excluding hydrogens is 286 g/mol. The molecule has 0 saturated carbocycles. The number of carbonyl (C=O) groups is 1. The van der Waals surface area contributed by atoms with Crippen molar-refractivity contribution in [3.05, 3.63) is 45.4 Å². The number of hydrogen-bond acceptors (Lipinski definition) is 4. The average Bonchev–Trinajstić information content (AvgIpc) is 2.85. The highest BCUT2D eigenvalue weighted by Crippen LogP contribution is 2.23. The lowest BCUT2D eigenvalue weighted by Crippen LogP contribution is -1.98. The van der Waals surface area contributed by atoms with Crippen LogP contribution in [0.1, 0.15) is 34.5 Å². The van der Waals surface area contributed by atoms with Gasteiger partial charge in [0.2, 0.25) is 0 Å². The zero-order valence-electron chi connectivity index (χ0n) is 12.3. The summed E-state index contributed by atoms with van der Waals surface area (Å²) in [5.74, 6) is 0.0540. The third-order valence-electron chi connectivity index (χ3n) is 3.08. The Kier molecular flexibility index (Phi) is 5.33. The zero-order chi connectivity index (χ0) is 15.2. The van der Waals surface area contributed by atoms with Gasteiger partial charge < -0.3 is 9.84 Å². The van der Waals surface area contributed by atoms with Crippen molar-refractivity contribution in [2.24, 2.45) is 0 Å². The summed E-state index contributed by atoms with van der Waals surface area (Å²) >= 11 is 1.55. The second kappa shape index (κ2) is 7.22. The number of aryl methyl sites for hydroxylation is 3. The molecule has 1 heterocycles. The summed E-state index contributed by atoms with van der Waals surface area (Å²) in [6, 6.07) is 7.89. The van der Waals surface area contributed by atoms with Crippen LogP contribution in [0.3, 0.4) is 0 Å². The minimum absolute atomic E-state index is 0.146. The van der Waals surface area contributed by atoms with Gasteiger partial charge in [-0.2, -0.15) is 0 Å². The minimum atomic E-state index is -0.775. The Balaban J connectivity index is 2.01. The van der Waals surface area contributed by atoms with Crippen molar-refractivity contribution in [2.45, 2.75) is 39.7 Å². The van der Waals surface area contributed by atoms with Crippen molar-refractivity contribution in [3.8, 4) is 5.75 Å². The Hall–Kier alpha value is -1.88. The van der Waals surface area contributed by atoms with Crippen LogP contribution in [0.4, 0.5) is 0 Å². The number of aliphatic carboxylic acids is 1. The number of hydrogen-bond donors (Lipinski definition) is 1. The number of nitrogens with zero attached hydrogens (tertiary/aromatic N) is 1. The van der Waals surface area contributed by atoms with Gasteiger partial charge in [0.1, 0.15) is 17.4 Å². The molecule has 4 nitrogen and oxygen atoms in total. The van der Waals surface area contributed by atoms with Gasteiger partial charge in [-0.1, -0.05) is 19.1 Å². The highest BCUT2D eigenvalue weighted by atomic mass is 32.1. The first-order valence-corrected chi connectivity index (χ1v) is 7.79. The standard InChI is InChI=1S/C16H19NO3S/c1-3-13-14(7-8-16(18)19)21-15(17-13)10-20-12-6-4-5-11(2)9-12/h4-6,9H,3,7-8,10H2,1-2H3,(H,18,19). The van der Waals surface area contributed by atoms with Crippen molar-refractivity contribution in [1.82, 2.24) is 4.98 Å². The van der Waals surface area contributed by atoms with E-state index >= 15 is 0 Å². The molecule has 0 bridgehead atoms. The maximum absolute atomic E-state index is 10.7. The molecule has 0 amide bonds. The lowest BCUT2D eigenvalue weighted by Gasteiger charge is -2.04. The van der Waals surface area contributed by atoms with Gasteiger partial charge in [0.05, 0.1) is 12.1 Å². The molecule has 2 rings (SSSR count). The van der Waals surface area contributed by atoms with Gasteiger partial charge in [-0.05, 0) is 37.5 Å². The van der Waals surface area contributed by atoms with Gasteiger partial charge in [-0.15, -0.1) is 11.3 Å². The fourth-order valence-corrected chi connectivity index (χ4v) is 3.11. The van der Waals surface area contributed by atoms with E-state index in [-0.39, 0.29) is 6.42 Å². The second-order valence-electron chi connectivity index (χ2n) is 4.83. The molecule has 0 spiro atoms. The number of aromatic nitrogens is 1. The third-order valence-corrected chi connectivity index (χ3v) is 4.21. The summed E-state index contributed by atoms with van der Waals surface area (Å²) in [6.45, 7) is 4.48. The van der Waals surface area contributed by atoms with Crippen molar-refractivity contribution >= 4 is 17.3 Å². The quantitative estimate of drug-likeness (QED) is 0.849. The number of carboxylic acid groups (broad SMARTS) is 1. The van der Waals surface area contributed by atoms with E-state index < -0.39 is 5.97 Å². The lowest BCUT2D eigenvalue weighted by atomic mass is 10.2. The fraction of sp³-hybridized carbons (Fsp3) is 0.375. The third kappa shape index (κ3) is 4.56. The van der Waals surface area contributed by atoms with Gasteiger partial charge in [0.25, 0.3) is 0 Å². The van der Waals surface area contributed by atoms with E-state index in [1.165, 1.54) is 0 Å². The molecule has 0 atom stereocenters. The molecule has 0 fully saturated rings. The Labute approximate surface area is 128 Å². The maximum Gasteiger partial charge on any atom is 0.303 e. The number of rotatable bonds is 7. The van der Waals surface area contributed by atoms with Crippen molar-refractivity contribution in [1.29, 1.82) is 0 Å². The zero-order valence-corrected chi connectivity index (χ0v) is 13.1. The number of carboxylic acids is 1. The molecule has 112 valence electrons. The molecule has 0 aliphatic carbocycles. The van der Waals surface area contributed by atoms with Crippen LogP contribution in [-0.2, 0) is 24.2 Å². The highest BCUT2D eigenvalue weighted by Gasteiger charge is 2.11. The van der Waals surface area contributed by atoms with E-state index in [9.17, 15) is 4.79 Å². The second-order valence-corrected chi connectivity index (χ2v) is 6.00. The first-order valence-electron chi connectivity index (χ1n) is 6.97. The molecule has 0 saturated heterocycles. The summed E-state index contributed by atoms with van der Waals surface area (Å²) in [6.07, 6.45) is 1.50. The molecule has 1 aromatic carbocycles. The normalized spacial score (nSPS) is 10.6. The van der Waals surface area contributed by atoms with Crippen LogP contribution >= 0.6 is 11.3 Å². The van der Waals surface area contributed by atoms with E-state index in [0.29, 0.717) is 13.0 Å². The fourth-order valence-electron chi connectivity index (χ4n) is 2.04. The van der Waals surface area contributed by atoms with E-state index in [1.54, 1.807) is 11.3 Å². The predicted octanol–water partition coefficient (Wildman–Crippen LogP) is 3.61. The largest absolute Gasteiger partial charge is 0.486 e. The maximum atomic E-state index is 10.7. The molecule has 5 heteroatoms. The number of ether oxygens (including phenoxy) is 1. The predicted molar refractivity (Wildman–Crippen MR) is 83.0 cm³/mol. The molecule has 0 aliphatic rings.